The summed E-state index contributed by atoms with van der Waals surface area (Å²) in [6.45, 7) is 0. The van der Waals surface area contributed by atoms with Gasteiger partial charge in [0.05, 0.1) is 29.3 Å². The number of hydrogen-bond donors (Lipinski definition) is 0. The lowest BCUT2D eigenvalue weighted by molar-refractivity contribution is -0.137. The van der Waals surface area contributed by atoms with Crippen molar-refractivity contribution in [2.75, 3.05) is 0 Å². The number of alkyl halides is 3. The van der Waals surface area contributed by atoms with Gasteiger partial charge in [0.1, 0.15) is 0 Å². The highest BCUT2D eigenvalue weighted by Crippen LogP contribution is 2.31. The average Bonchev–Trinajstić information content (AvgIpc) is 3.04. The molecule has 0 aliphatic rings. The molecule has 0 bridgehead atoms. The highest BCUT2D eigenvalue weighted by molar-refractivity contribution is 9.10. The predicted octanol–water partition coefficient (Wildman–Crippen LogP) is 5.84. The van der Waals surface area contributed by atoms with Crippen molar-refractivity contribution < 1.29 is 13.2 Å². The molecule has 0 unspecified atom stereocenters. The molecule has 2 aromatic carbocycles. The molecule has 7 heteroatoms. The van der Waals surface area contributed by atoms with Crippen LogP contribution in [0.2, 0.25) is 0 Å². The second-order valence-electron chi connectivity index (χ2n) is 5.73. The Labute approximate surface area is 155 Å². The fourth-order valence-corrected chi connectivity index (χ4v) is 3.13. The van der Waals surface area contributed by atoms with Crippen LogP contribution in [0.1, 0.15) is 5.56 Å². The molecule has 0 amide bonds. The van der Waals surface area contributed by atoms with Crippen LogP contribution in [0.25, 0.3) is 28.2 Å². The van der Waals surface area contributed by atoms with Crippen molar-refractivity contribution in [1.29, 1.82) is 0 Å². The van der Waals surface area contributed by atoms with Gasteiger partial charge in [-0.3, -0.25) is 9.38 Å². The van der Waals surface area contributed by atoms with Crippen LogP contribution in [-0.2, 0) is 6.18 Å². The standard InChI is InChI=1S/C19H11BrF3N3/c20-15-3-1-2-13(8-15)16-11-26-17(9-25-18(26)10-24-16)12-4-6-14(7-5-12)19(21,22)23/h1-11H. The van der Waals surface area contributed by atoms with Gasteiger partial charge in [-0.15, -0.1) is 0 Å². The lowest BCUT2D eigenvalue weighted by Gasteiger charge is -2.08. The topological polar surface area (TPSA) is 30.2 Å². The largest absolute Gasteiger partial charge is 0.416 e. The SMILES string of the molecule is FC(F)(F)c1ccc(-c2cnc3cnc(-c4cccc(Br)c4)cn23)cc1. The van der Waals surface area contributed by atoms with Crippen molar-refractivity contribution in [3.05, 3.63) is 77.2 Å². The fraction of sp³-hybridized carbons (Fsp3) is 0.0526. The summed E-state index contributed by atoms with van der Waals surface area (Å²) in [4.78, 5) is 8.71. The van der Waals surface area contributed by atoms with Crippen LogP contribution in [0, 0.1) is 0 Å². The quantitative estimate of drug-likeness (QED) is 0.409. The summed E-state index contributed by atoms with van der Waals surface area (Å²) in [6, 6.07) is 12.8. The number of hydrogen-bond acceptors (Lipinski definition) is 2. The maximum Gasteiger partial charge on any atom is 0.416 e. The van der Waals surface area contributed by atoms with E-state index in [9.17, 15) is 13.2 Å². The molecule has 0 aliphatic carbocycles. The van der Waals surface area contributed by atoms with Gasteiger partial charge in [-0.2, -0.15) is 13.2 Å². The van der Waals surface area contributed by atoms with Crippen molar-refractivity contribution in [2.45, 2.75) is 6.18 Å². The zero-order chi connectivity index (χ0) is 18.3. The Hall–Kier alpha value is -2.67. The molecule has 0 aliphatic heterocycles. The summed E-state index contributed by atoms with van der Waals surface area (Å²) in [5.41, 5.74) is 2.97. The number of aromatic nitrogens is 3. The van der Waals surface area contributed by atoms with Crippen LogP contribution >= 0.6 is 15.9 Å². The molecule has 0 saturated carbocycles. The van der Waals surface area contributed by atoms with Crippen molar-refractivity contribution in [3.63, 3.8) is 0 Å². The van der Waals surface area contributed by atoms with Gasteiger partial charge in [0, 0.05) is 21.8 Å². The zero-order valence-electron chi connectivity index (χ0n) is 13.2. The second-order valence-corrected chi connectivity index (χ2v) is 6.65. The van der Waals surface area contributed by atoms with Gasteiger partial charge in [0.2, 0.25) is 0 Å². The number of rotatable bonds is 2. The molecule has 0 saturated heterocycles. The van der Waals surface area contributed by atoms with Gasteiger partial charge >= 0.3 is 6.18 Å². The van der Waals surface area contributed by atoms with Crippen LogP contribution in [0.15, 0.2) is 71.6 Å². The van der Waals surface area contributed by atoms with E-state index in [0.717, 1.165) is 27.9 Å². The number of benzene rings is 2. The highest BCUT2D eigenvalue weighted by Gasteiger charge is 2.30. The first-order valence-corrected chi connectivity index (χ1v) is 8.48. The molecular weight excluding hydrogens is 407 g/mol. The molecule has 130 valence electrons. The summed E-state index contributed by atoms with van der Waals surface area (Å²) in [5.74, 6) is 0. The third-order valence-electron chi connectivity index (χ3n) is 4.02. The van der Waals surface area contributed by atoms with Gasteiger partial charge in [0.15, 0.2) is 5.65 Å². The van der Waals surface area contributed by atoms with Gasteiger partial charge < -0.3 is 0 Å². The smallest absolute Gasteiger partial charge is 0.296 e. The third-order valence-corrected chi connectivity index (χ3v) is 4.52. The second kappa shape index (κ2) is 6.25. The molecule has 0 spiro atoms. The van der Waals surface area contributed by atoms with Gasteiger partial charge in [-0.1, -0.05) is 40.2 Å². The Morgan fingerprint density at radius 3 is 2.35 bits per heavy atom. The molecule has 0 fully saturated rings. The van der Waals surface area contributed by atoms with Crippen molar-refractivity contribution in [1.82, 2.24) is 14.4 Å². The number of halogens is 4. The molecule has 2 heterocycles. The van der Waals surface area contributed by atoms with E-state index in [0.29, 0.717) is 16.9 Å². The van der Waals surface area contributed by atoms with Crippen LogP contribution in [-0.4, -0.2) is 14.4 Å². The molecule has 0 atom stereocenters. The summed E-state index contributed by atoms with van der Waals surface area (Å²) >= 11 is 3.44. The Bertz CT molecular complexity index is 1090. The number of nitrogens with zero attached hydrogens (tertiary/aromatic N) is 3. The first-order valence-electron chi connectivity index (χ1n) is 7.68. The van der Waals surface area contributed by atoms with Crippen LogP contribution in [0.5, 0.6) is 0 Å². The minimum Gasteiger partial charge on any atom is -0.296 e. The molecule has 4 aromatic rings. The van der Waals surface area contributed by atoms with Crippen molar-refractivity contribution in [3.8, 4) is 22.5 Å². The summed E-state index contributed by atoms with van der Waals surface area (Å²) in [6.07, 6.45) is 0.751. The van der Waals surface area contributed by atoms with Gasteiger partial charge in [0.25, 0.3) is 0 Å². The van der Waals surface area contributed by atoms with E-state index in [-0.39, 0.29) is 0 Å². The Balaban J connectivity index is 1.80. The number of fused-ring (bicyclic) bond motifs is 1. The van der Waals surface area contributed by atoms with E-state index >= 15 is 0 Å². The third kappa shape index (κ3) is 3.10. The van der Waals surface area contributed by atoms with Crippen LogP contribution < -0.4 is 0 Å². The minimum absolute atomic E-state index is 0.624. The summed E-state index contributed by atoms with van der Waals surface area (Å²) < 4.78 is 41.0. The molecule has 3 nitrogen and oxygen atoms in total. The molecule has 4 rings (SSSR count). The maximum atomic E-state index is 12.8. The monoisotopic (exact) mass is 417 g/mol. The molecule has 0 N–H and O–H groups in total. The molecule has 0 radical (unpaired) electrons. The lowest BCUT2D eigenvalue weighted by atomic mass is 10.1. The minimum atomic E-state index is -4.35. The number of imidazole rings is 1. The molecule has 26 heavy (non-hydrogen) atoms. The van der Waals surface area contributed by atoms with E-state index in [1.165, 1.54) is 12.1 Å². The van der Waals surface area contributed by atoms with Crippen molar-refractivity contribution >= 4 is 21.6 Å². The normalized spacial score (nSPS) is 11.8. The fourth-order valence-electron chi connectivity index (χ4n) is 2.73. The van der Waals surface area contributed by atoms with E-state index in [2.05, 4.69) is 25.9 Å². The Morgan fingerprint density at radius 1 is 0.885 bits per heavy atom. The summed E-state index contributed by atoms with van der Waals surface area (Å²) in [7, 11) is 0. The average molecular weight is 418 g/mol. The van der Waals surface area contributed by atoms with E-state index in [4.69, 9.17) is 0 Å². The van der Waals surface area contributed by atoms with E-state index < -0.39 is 11.7 Å². The first kappa shape index (κ1) is 16.8. The van der Waals surface area contributed by atoms with Gasteiger partial charge in [-0.25, -0.2) is 4.98 Å². The lowest BCUT2D eigenvalue weighted by Crippen LogP contribution is -2.04. The van der Waals surface area contributed by atoms with Crippen LogP contribution in [0.3, 0.4) is 0 Å². The first-order chi connectivity index (χ1) is 12.4. The van der Waals surface area contributed by atoms with Crippen molar-refractivity contribution in [2.24, 2.45) is 0 Å². The molecular formula is C19H11BrF3N3. The Morgan fingerprint density at radius 2 is 1.65 bits per heavy atom. The molecule has 2 aromatic heterocycles. The predicted molar refractivity (Wildman–Crippen MR) is 96.6 cm³/mol. The summed E-state index contributed by atoms with van der Waals surface area (Å²) in [5, 5.41) is 0. The maximum absolute atomic E-state index is 12.8. The van der Waals surface area contributed by atoms with E-state index in [1.807, 2.05) is 34.9 Å². The zero-order valence-corrected chi connectivity index (χ0v) is 14.8. The van der Waals surface area contributed by atoms with Gasteiger partial charge in [-0.05, 0) is 24.3 Å². The van der Waals surface area contributed by atoms with Crippen LogP contribution in [0.4, 0.5) is 13.2 Å². The highest BCUT2D eigenvalue weighted by atomic mass is 79.9. The Kier molecular flexibility index (Phi) is 4.03. The van der Waals surface area contributed by atoms with E-state index in [1.54, 1.807) is 12.4 Å².